The summed E-state index contributed by atoms with van der Waals surface area (Å²) in [6, 6.07) is 10.8. The van der Waals surface area contributed by atoms with Crippen molar-refractivity contribution in [2.24, 2.45) is 0 Å². The van der Waals surface area contributed by atoms with E-state index in [9.17, 15) is 23.2 Å². The molecule has 0 spiro atoms. The lowest BCUT2D eigenvalue weighted by molar-refractivity contribution is -0.142. The second-order valence-corrected chi connectivity index (χ2v) is 5.46. The van der Waals surface area contributed by atoms with Crippen molar-refractivity contribution in [1.29, 1.82) is 5.26 Å². The van der Waals surface area contributed by atoms with Gasteiger partial charge in [-0.3, -0.25) is 9.36 Å². The van der Waals surface area contributed by atoms with Gasteiger partial charge in [0.25, 0.3) is 5.91 Å². The molecule has 0 atom stereocenters. The van der Waals surface area contributed by atoms with Crippen LogP contribution in [0.1, 0.15) is 21.8 Å². The Kier molecular flexibility index (Phi) is 4.15. The molecule has 2 aromatic heterocycles. The van der Waals surface area contributed by atoms with Crippen LogP contribution in [-0.4, -0.2) is 10.5 Å². The zero-order valence-corrected chi connectivity index (χ0v) is 13.1. The van der Waals surface area contributed by atoms with Crippen LogP contribution in [0.25, 0.3) is 11.3 Å². The number of hydrogen-bond acceptors (Lipinski definition) is 3. The van der Waals surface area contributed by atoms with E-state index in [0.717, 1.165) is 0 Å². The van der Waals surface area contributed by atoms with E-state index in [4.69, 9.17) is 16.0 Å². The van der Waals surface area contributed by atoms with Gasteiger partial charge in [-0.25, -0.2) is 0 Å². The van der Waals surface area contributed by atoms with Gasteiger partial charge >= 0.3 is 6.18 Å². The number of alkyl halides is 3. The number of carbonyl (C=O) groups excluding carboxylic acids is 1. The first-order valence-electron chi connectivity index (χ1n) is 6.90. The number of nitriles is 1. The molecule has 0 fully saturated rings. The summed E-state index contributed by atoms with van der Waals surface area (Å²) in [6.07, 6.45) is -3.66. The molecule has 8 heteroatoms. The van der Waals surface area contributed by atoms with Crippen LogP contribution in [-0.2, 0) is 6.18 Å². The molecule has 1 aromatic carbocycles. The van der Waals surface area contributed by atoms with Crippen molar-refractivity contribution in [3.8, 4) is 17.3 Å². The molecular formula is C17H8ClF3N2O2. The minimum Gasteiger partial charge on any atom is -0.459 e. The van der Waals surface area contributed by atoms with Gasteiger partial charge in [0.2, 0.25) is 0 Å². The highest BCUT2D eigenvalue weighted by molar-refractivity contribution is 6.30. The molecule has 25 heavy (non-hydrogen) atoms. The SMILES string of the molecule is N#Cc1cc(C(F)(F)F)n(C(=O)c2ccco2)c1-c1ccc(Cl)cc1. The minimum atomic E-state index is -4.83. The molecule has 0 radical (unpaired) electrons. The molecule has 0 aliphatic rings. The van der Waals surface area contributed by atoms with Gasteiger partial charge in [-0.05, 0) is 30.3 Å². The number of carbonyl (C=O) groups is 1. The first-order valence-corrected chi connectivity index (χ1v) is 7.28. The van der Waals surface area contributed by atoms with Crippen molar-refractivity contribution in [3.05, 3.63) is 70.8 Å². The molecule has 0 aliphatic heterocycles. The van der Waals surface area contributed by atoms with Crippen LogP contribution in [0, 0.1) is 11.3 Å². The Labute approximate surface area is 144 Å². The number of hydrogen-bond donors (Lipinski definition) is 0. The lowest BCUT2D eigenvalue weighted by Gasteiger charge is -2.13. The van der Waals surface area contributed by atoms with E-state index in [0.29, 0.717) is 15.7 Å². The average Bonchev–Trinajstić information content (AvgIpc) is 3.22. The van der Waals surface area contributed by atoms with E-state index in [1.165, 1.54) is 42.7 Å². The fourth-order valence-electron chi connectivity index (χ4n) is 2.42. The molecule has 0 saturated heterocycles. The van der Waals surface area contributed by atoms with E-state index in [-0.39, 0.29) is 22.6 Å². The summed E-state index contributed by atoms with van der Waals surface area (Å²) < 4.78 is 45.7. The Morgan fingerprint density at radius 1 is 1.20 bits per heavy atom. The normalized spacial score (nSPS) is 11.3. The van der Waals surface area contributed by atoms with E-state index in [1.807, 2.05) is 0 Å². The lowest BCUT2D eigenvalue weighted by atomic mass is 10.1. The largest absolute Gasteiger partial charge is 0.459 e. The maximum absolute atomic E-state index is 13.4. The van der Waals surface area contributed by atoms with Crippen LogP contribution in [0.2, 0.25) is 5.02 Å². The van der Waals surface area contributed by atoms with Crippen LogP contribution in [0.15, 0.2) is 53.1 Å². The van der Waals surface area contributed by atoms with Crippen LogP contribution in [0.3, 0.4) is 0 Å². The van der Waals surface area contributed by atoms with Crippen LogP contribution in [0.4, 0.5) is 13.2 Å². The third-order valence-electron chi connectivity index (χ3n) is 3.46. The average molecular weight is 365 g/mol. The molecule has 0 saturated carbocycles. The van der Waals surface area contributed by atoms with Gasteiger partial charge in [0.05, 0.1) is 17.5 Å². The van der Waals surface area contributed by atoms with E-state index >= 15 is 0 Å². The van der Waals surface area contributed by atoms with Gasteiger partial charge in [-0.2, -0.15) is 18.4 Å². The van der Waals surface area contributed by atoms with Crippen LogP contribution in [0.5, 0.6) is 0 Å². The summed E-state index contributed by atoms with van der Waals surface area (Å²) >= 11 is 5.80. The molecule has 0 unspecified atom stereocenters. The highest BCUT2D eigenvalue weighted by atomic mass is 35.5. The van der Waals surface area contributed by atoms with Gasteiger partial charge < -0.3 is 4.42 Å². The van der Waals surface area contributed by atoms with Crippen LogP contribution >= 0.6 is 11.6 Å². The summed E-state index contributed by atoms with van der Waals surface area (Å²) in [5.41, 5.74) is -1.46. The number of rotatable bonds is 2. The van der Waals surface area contributed by atoms with Crippen LogP contribution < -0.4 is 0 Å². The highest BCUT2D eigenvalue weighted by Crippen LogP contribution is 2.37. The number of benzene rings is 1. The quantitative estimate of drug-likeness (QED) is 0.644. The first kappa shape index (κ1) is 16.9. The Bertz CT molecular complexity index is 965. The molecule has 0 amide bonds. The number of furan rings is 1. The zero-order chi connectivity index (χ0) is 18.2. The fourth-order valence-corrected chi connectivity index (χ4v) is 2.54. The summed E-state index contributed by atoms with van der Waals surface area (Å²) in [4.78, 5) is 12.6. The van der Waals surface area contributed by atoms with Gasteiger partial charge in [-0.1, -0.05) is 23.7 Å². The second-order valence-electron chi connectivity index (χ2n) is 5.03. The topological polar surface area (TPSA) is 58.9 Å². The molecule has 3 aromatic rings. The Morgan fingerprint density at radius 3 is 2.40 bits per heavy atom. The summed E-state index contributed by atoms with van der Waals surface area (Å²) in [5, 5.41) is 9.63. The molecule has 2 heterocycles. The second kappa shape index (κ2) is 6.15. The molecule has 3 rings (SSSR count). The molecule has 4 nitrogen and oxygen atoms in total. The Morgan fingerprint density at radius 2 is 1.88 bits per heavy atom. The van der Waals surface area contributed by atoms with Crippen molar-refractivity contribution in [2.45, 2.75) is 6.18 Å². The Hall–Kier alpha value is -2.98. The van der Waals surface area contributed by atoms with Gasteiger partial charge in [-0.15, -0.1) is 0 Å². The Balaban J connectivity index is 2.33. The molecule has 0 bridgehead atoms. The third kappa shape index (κ3) is 3.04. The number of nitrogens with zero attached hydrogens (tertiary/aromatic N) is 2. The monoisotopic (exact) mass is 364 g/mol. The van der Waals surface area contributed by atoms with Gasteiger partial charge in [0.1, 0.15) is 11.8 Å². The van der Waals surface area contributed by atoms with Crippen molar-refractivity contribution in [1.82, 2.24) is 4.57 Å². The maximum atomic E-state index is 13.4. The fraction of sp³-hybridized carbons (Fsp3) is 0.0588. The van der Waals surface area contributed by atoms with E-state index < -0.39 is 17.8 Å². The van der Waals surface area contributed by atoms with E-state index in [1.54, 1.807) is 6.07 Å². The molecule has 0 N–H and O–H groups in total. The van der Waals surface area contributed by atoms with E-state index in [2.05, 4.69) is 0 Å². The summed E-state index contributed by atoms with van der Waals surface area (Å²) in [6.45, 7) is 0. The van der Waals surface area contributed by atoms with Crippen molar-refractivity contribution in [2.75, 3.05) is 0 Å². The zero-order valence-electron chi connectivity index (χ0n) is 12.3. The summed E-state index contributed by atoms with van der Waals surface area (Å²) in [5.74, 6) is -1.30. The smallest absolute Gasteiger partial charge is 0.431 e. The van der Waals surface area contributed by atoms with Crippen molar-refractivity contribution < 1.29 is 22.4 Å². The van der Waals surface area contributed by atoms with Crippen molar-refractivity contribution >= 4 is 17.5 Å². The predicted octanol–water partition coefficient (Wildman–Crippen LogP) is 4.98. The number of halogens is 4. The highest BCUT2D eigenvalue weighted by Gasteiger charge is 2.39. The minimum absolute atomic E-state index is 0.173. The first-order chi connectivity index (χ1) is 11.8. The lowest BCUT2D eigenvalue weighted by Crippen LogP contribution is -2.21. The predicted molar refractivity (Wildman–Crippen MR) is 83.0 cm³/mol. The molecular weight excluding hydrogens is 357 g/mol. The van der Waals surface area contributed by atoms with Crippen molar-refractivity contribution in [3.63, 3.8) is 0 Å². The standard InChI is InChI=1S/C17H8ClF3N2O2/c18-12-5-3-10(4-6-12)15-11(9-22)8-14(17(19,20)21)23(15)16(24)13-2-1-7-25-13/h1-8H. The van der Waals surface area contributed by atoms with Gasteiger partial charge in [0, 0.05) is 10.6 Å². The van der Waals surface area contributed by atoms with Gasteiger partial charge in [0.15, 0.2) is 5.76 Å². The maximum Gasteiger partial charge on any atom is 0.431 e. The molecule has 0 aliphatic carbocycles. The molecule has 126 valence electrons. The summed E-state index contributed by atoms with van der Waals surface area (Å²) in [7, 11) is 0. The third-order valence-corrected chi connectivity index (χ3v) is 3.72. The number of aromatic nitrogens is 1.